The molecular weight excluding hydrogens is 388 g/mol. The van der Waals surface area contributed by atoms with Crippen LogP contribution in [-0.4, -0.2) is 38.5 Å². The van der Waals surface area contributed by atoms with E-state index in [1.165, 1.54) is 69.8 Å². The van der Waals surface area contributed by atoms with Gasteiger partial charge >= 0.3 is 0 Å². The van der Waals surface area contributed by atoms with Gasteiger partial charge in [0.05, 0.1) is 12.4 Å². The highest BCUT2D eigenvalue weighted by molar-refractivity contribution is 7.85. The Balaban J connectivity index is 1.98. The van der Waals surface area contributed by atoms with Crippen LogP contribution < -0.4 is 4.74 Å². The molecule has 0 spiro atoms. The van der Waals surface area contributed by atoms with Crippen LogP contribution in [0.4, 0.5) is 0 Å². The first kappa shape index (κ1) is 25.9. The number of ether oxygens (including phenoxy) is 2. The molecule has 0 radical (unpaired) electrons. The Morgan fingerprint density at radius 2 is 1.34 bits per heavy atom. The summed E-state index contributed by atoms with van der Waals surface area (Å²) in [5.74, 6) is 0.548. The molecule has 29 heavy (non-hydrogen) atoms. The van der Waals surface area contributed by atoms with Gasteiger partial charge in [-0.15, -0.1) is 0 Å². The van der Waals surface area contributed by atoms with E-state index in [9.17, 15) is 8.42 Å². The topological polar surface area (TPSA) is 72.8 Å². The molecule has 6 heteroatoms. The predicted octanol–water partition coefficient (Wildman–Crippen LogP) is 5.82. The molecule has 5 nitrogen and oxygen atoms in total. The lowest BCUT2D eigenvalue weighted by Crippen LogP contribution is -2.11. The van der Waals surface area contributed by atoms with E-state index in [-0.39, 0.29) is 12.2 Å². The fourth-order valence-electron chi connectivity index (χ4n) is 3.23. The summed E-state index contributed by atoms with van der Waals surface area (Å²) in [6.45, 7) is 3.37. The van der Waals surface area contributed by atoms with Crippen LogP contribution in [-0.2, 0) is 21.3 Å². The normalized spacial score (nSPS) is 11.7. The molecule has 0 bridgehead atoms. The van der Waals surface area contributed by atoms with Gasteiger partial charge in [-0.2, -0.15) is 8.42 Å². The lowest BCUT2D eigenvalue weighted by atomic mass is 10.0. The number of hydrogen-bond donors (Lipinski definition) is 1. The first-order chi connectivity index (χ1) is 14.0. The molecule has 1 rings (SSSR count). The van der Waals surface area contributed by atoms with Gasteiger partial charge < -0.3 is 9.47 Å². The van der Waals surface area contributed by atoms with Crippen LogP contribution in [0, 0.1) is 0 Å². The molecule has 0 fully saturated rings. The third-order valence-corrected chi connectivity index (χ3v) is 5.73. The number of rotatable bonds is 19. The summed E-state index contributed by atoms with van der Waals surface area (Å²) in [4.78, 5) is 0. The van der Waals surface area contributed by atoms with E-state index in [1.807, 2.05) is 12.1 Å². The lowest BCUT2D eigenvalue weighted by Gasteiger charge is -2.08. The van der Waals surface area contributed by atoms with Crippen molar-refractivity contribution in [2.75, 3.05) is 25.6 Å². The maximum Gasteiger partial charge on any atom is 0.264 e. The van der Waals surface area contributed by atoms with E-state index < -0.39 is 10.1 Å². The van der Waals surface area contributed by atoms with Crippen LogP contribution >= 0.6 is 0 Å². The fourth-order valence-corrected chi connectivity index (χ4v) is 3.72. The van der Waals surface area contributed by atoms with E-state index in [2.05, 4.69) is 19.1 Å². The molecule has 0 saturated carbocycles. The summed E-state index contributed by atoms with van der Waals surface area (Å²) in [7, 11) is -3.89. The largest absolute Gasteiger partial charge is 0.491 e. The zero-order valence-corrected chi connectivity index (χ0v) is 18.9. The maximum absolute atomic E-state index is 10.6. The van der Waals surface area contributed by atoms with Gasteiger partial charge in [-0.1, -0.05) is 76.8 Å². The highest BCUT2D eigenvalue weighted by atomic mass is 32.2. The first-order valence-corrected chi connectivity index (χ1v) is 12.9. The molecule has 0 aliphatic rings. The summed E-state index contributed by atoms with van der Waals surface area (Å²) < 4.78 is 40.7. The minimum atomic E-state index is -3.89. The zero-order chi connectivity index (χ0) is 21.2. The number of unbranched alkanes of at least 4 members (excludes halogenated alkanes) is 9. The highest BCUT2D eigenvalue weighted by Crippen LogP contribution is 2.15. The molecule has 0 aliphatic heterocycles. The smallest absolute Gasteiger partial charge is 0.264 e. The second-order valence-corrected chi connectivity index (χ2v) is 9.25. The lowest BCUT2D eigenvalue weighted by molar-refractivity contribution is 0.101. The Hall–Kier alpha value is -1.11. The standard InChI is InChI=1S/C23H40O5S/c1-2-3-4-5-6-7-8-9-10-11-13-22-14-16-23(17-15-22)28-20-19-27-18-12-21-29(24,25)26/h14-17H,2-13,18-21H2,1H3,(H,24,25,26). The molecule has 168 valence electrons. The van der Waals surface area contributed by atoms with Gasteiger partial charge in [0.25, 0.3) is 10.1 Å². The Kier molecular flexibility index (Phi) is 14.9. The molecule has 0 saturated heterocycles. The molecular formula is C23H40O5S. The summed E-state index contributed by atoms with van der Waals surface area (Å²) in [6, 6.07) is 8.22. The molecule has 0 aliphatic carbocycles. The van der Waals surface area contributed by atoms with Crippen molar-refractivity contribution in [3.05, 3.63) is 29.8 Å². The van der Waals surface area contributed by atoms with E-state index in [0.717, 1.165) is 12.2 Å². The van der Waals surface area contributed by atoms with Crippen molar-refractivity contribution in [1.82, 2.24) is 0 Å². The minimum absolute atomic E-state index is 0.269. The first-order valence-electron chi connectivity index (χ1n) is 11.3. The van der Waals surface area contributed by atoms with Crippen LogP contribution in [0.25, 0.3) is 0 Å². The van der Waals surface area contributed by atoms with Crippen molar-refractivity contribution >= 4 is 10.1 Å². The van der Waals surface area contributed by atoms with Crippen molar-refractivity contribution in [2.24, 2.45) is 0 Å². The van der Waals surface area contributed by atoms with E-state index >= 15 is 0 Å². The molecule has 1 aromatic rings. The van der Waals surface area contributed by atoms with Crippen molar-refractivity contribution in [3.8, 4) is 5.75 Å². The quantitative estimate of drug-likeness (QED) is 0.222. The molecule has 0 amide bonds. The molecule has 0 atom stereocenters. The summed E-state index contributed by atoms with van der Waals surface area (Å²) >= 11 is 0. The van der Waals surface area contributed by atoms with Gasteiger partial charge in [0.1, 0.15) is 12.4 Å². The van der Waals surface area contributed by atoms with Crippen LogP contribution in [0.3, 0.4) is 0 Å². The Morgan fingerprint density at radius 1 is 0.759 bits per heavy atom. The zero-order valence-electron chi connectivity index (χ0n) is 18.1. The number of benzene rings is 1. The van der Waals surface area contributed by atoms with Gasteiger partial charge in [-0.25, -0.2) is 0 Å². The Bertz CT molecular complexity index is 598. The average molecular weight is 429 g/mol. The second kappa shape index (κ2) is 16.7. The van der Waals surface area contributed by atoms with Crippen LogP contribution in [0.15, 0.2) is 24.3 Å². The minimum Gasteiger partial charge on any atom is -0.491 e. The SMILES string of the molecule is CCCCCCCCCCCCc1ccc(OCCOCCCS(=O)(=O)O)cc1. The van der Waals surface area contributed by atoms with Gasteiger partial charge in [0, 0.05) is 6.61 Å². The monoisotopic (exact) mass is 428 g/mol. The third kappa shape index (κ3) is 16.4. The fraction of sp³-hybridized carbons (Fsp3) is 0.739. The molecule has 1 N–H and O–H groups in total. The molecule has 0 aromatic heterocycles. The van der Waals surface area contributed by atoms with Crippen LogP contribution in [0.5, 0.6) is 5.75 Å². The van der Waals surface area contributed by atoms with Crippen molar-refractivity contribution in [3.63, 3.8) is 0 Å². The van der Waals surface area contributed by atoms with Crippen LogP contribution in [0.2, 0.25) is 0 Å². The highest BCUT2D eigenvalue weighted by Gasteiger charge is 2.03. The summed E-state index contributed by atoms with van der Waals surface area (Å²) in [5, 5.41) is 0. The van der Waals surface area contributed by atoms with Gasteiger partial charge in [0.15, 0.2) is 0 Å². The van der Waals surface area contributed by atoms with Crippen molar-refractivity contribution in [2.45, 2.75) is 84.0 Å². The predicted molar refractivity (Wildman–Crippen MR) is 119 cm³/mol. The summed E-state index contributed by atoms with van der Waals surface area (Å²) in [6.07, 6.45) is 15.0. The molecule has 1 aromatic carbocycles. The van der Waals surface area contributed by atoms with Crippen molar-refractivity contribution in [1.29, 1.82) is 0 Å². The third-order valence-electron chi connectivity index (χ3n) is 4.93. The molecule has 0 unspecified atom stereocenters. The van der Waals surface area contributed by atoms with Gasteiger partial charge in [-0.05, 0) is 37.0 Å². The number of aryl methyl sites for hydroxylation is 1. The molecule has 0 heterocycles. The van der Waals surface area contributed by atoms with Crippen molar-refractivity contribution < 1.29 is 22.4 Å². The van der Waals surface area contributed by atoms with E-state index in [4.69, 9.17) is 14.0 Å². The van der Waals surface area contributed by atoms with Crippen LogP contribution in [0.1, 0.15) is 83.1 Å². The number of hydrogen-bond acceptors (Lipinski definition) is 4. The Labute approximate surface area is 177 Å². The van der Waals surface area contributed by atoms with E-state index in [0.29, 0.717) is 19.8 Å². The van der Waals surface area contributed by atoms with Gasteiger partial charge in [-0.3, -0.25) is 4.55 Å². The second-order valence-electron chi connectivity index (χ2n) is 7.68. The Morgan fingerprint density at radius 3 is 1.93 bits per heavy atom. The van der Waals surface area contributed by atoms with Gasteiger partial charge in [0.2, 0.25) is 0 Å². The summed E-state index contributed by atoms with van der Waals surface area (Å²) in [5.41, 5.74) is 1.35. The average Bonchev–Trinajstić information content (AvgIpc) is 2.69. The maximum atomic E-state index is 10.6. The van der Waals surface area contributed by atoms with E-state index in [1.54, 1.807) is 0 Å².